The lowest BCUT2D eigenvalue weighted by atomic mass is 10.1. The van der Waals surface area contributed by atoms with Crippen molar-refractivity contribution in [2.75, 3.05) is 5.88 Å². The van der Waals surface area contributed by atoms with Gasteiger partial charge in [0.1, 0.15) is 5.82 Å². The number of hydrogen-bond acceptors (Lipinski definition) is 0. The molecule has 66 valence electrons. The van der Waals surface area contributed by atoms with E-state index in [2.05, 4.69) is 0 Å². The third kappa shape index (κ3) is 2.49. The summed E-state index contributed by atoms with van der Waals surface area (Å²) in [5, 5.41) is 0. The van der Waals surface area contributed by atoms with Crippen molar-refractivity contribution in [2.45, 2.75) is 19.8 Å². The molecule has 0 spiro atoms. The molecule has 12 heavy (non-hydrogen) atoms. The smallest absolute Gasteiger partial charge is 0.126 e. The Morgan fingerprint density at radius 3 is 2.75 bits per heavy atom. The van der Waals surface area contributed by atoms with Gasteiger partial charge in [0.05, 0.1) is 0 Å². The zero-order valence-corrected chi connectivity index (χ0v) is 7.87. The second kappa shape index (κ2) is 4.46. The van der Waals surface area contributed by atoms with Gasteiger partial charge < -0.3 is 0 Å². The summed E-state index contributed by atoms with van der Waals surface area (Å²) in [4.78, 5) is 0. The van der Waals surface area contributed by atoms with Crippen molar-refractivity contribution in [1.29, 1.82) is 0 Å². The molecule has 0 fully saturated rings. The van der Waals surface area contributed by atoms with Gasteiger partial charge in [-0.25, -0.2) is 4.39 Å². The molecule has 0 nitrogen and oxygen atoms in total. The molecular weight excluding hydrogens is 175 g/mol. The minimum atomic E-state index is -0.135. The van der Waals surface area contributed by atoms with Crippen molar-refractivity contribution in [3.05, 3.63) is 35.1 Å². The average Bonchev–Trinajstić information content (AvgIpc) is 2.07. The second-order valence-corrected chi connectivity index (χ2v) is 3.25. The molecule has 2 heteroatoms. The molecule has 0 aromatic heterocycles. The molecule has 1 rings (SSSR count). The summed E-state index contributed by atoms with van der Waals surface area (Å²) in [5.74, 6) is 0.529. The van der Waals surface area contributed by atoms with Gasteiger partial charge in [-0.15, -0.1) is 11.6 Å². The van der Waals surface area contributed by atoms with Gasteiger partial charge in [0.25, 0.3) is 0 Å². The van der Waals surface area contributed by atoms with E-state index in [1.54, 1.807) is 6.92 Å². The van der Waals surface area contributed by atoms with E-state index >= 15 is 0 Å². The van der Waals surface area contributed by atoms with E-state index in [-0.39, 0.29) is 5.82 Å². The van der Waals surface area contributed by atoms with Gasteiger partial charge in [0.15, 0.2) is 0 Å². The summed E-state index contributed by atoms with van der Waals surface area (Å²) in [6.45, 7) is 1.78. The highest BCUT2D eigenvalue weighted by atomic mass is 35.5. The molecule has 0 heterocycles. The fourth-order valence-corrected chi connectivity index (χ4v) is 1.27. The Morgan fingerprint density at radius 2 is 2.17 bits per heavy atom. The zero-order valence-electron chi connectivity index (χ0n) is 7.11. The van der Waals surface area contributed by atoms with Crippen LogP contribution in [0.25, 0.3) is 0 Å². The first-order chi connectivity index (χ1) is 5.74. The average molecular weight is 187 g/mol. The van der Waals surface area contributed by atoms with E-state index in [4.69, 9.17) is 11.6 Å². The Kier molecular flexibility index (Phi) is 3.54. The summed E-state index contributed by atoms with van der Waals surface area (Å²) in [6, 6.07) is 5.20. The van der Waals surface area contributed by atoms with Gasteiger partial charge >= 0.3 is 0 Å². The van der Waals surface area contributed by atoms with Crippen LogP contribution in [0, 0.1) is 12.7 Å². The zero-order chi connectivity index (χ0) is 8.97. The molecule has 0 amide bonds. The molecule has 0 aliphatic rings. The molecule has 0 atom stereocenters. The van der Waals surface area contributed by atoms with Crippen molar-refractivity contribution in [1.82, 2.24) is 0 Å². The summed E-state index contributed by atoms with van der Waals surface area (Å²) in [6.07, 6.45) is 1.89. The van der Waals surface area contributed by atoms with Crippen LogP contribution in [-0.4, -0.2) is 5.88 Å². The van der Waals surface area contributed by atoms with E-state index in [9.17, 15) is 4.39 Å². The molecule has 0 saturated heterocycles. The standard InChI is InChI=1S/C10H12ClF/c1-8-7-9(3-2-6-11)4-5-10(8)12/h4-5,7H,2-3,6H2,1H3. The Hall–Kier alpha value is -0.560. The first kappa shape index (κ1) is 9.53. The Bertz CT molecular complexity index is 258. The van der Waals surface area contributed by atoms with Crippen molar-refractivity contribution in [3.8, 4) is 0 Å². The van der Waals surface area contributed by atoms with Gasteiger partial charge in [-0.1, -0.05) is 12.1 Å². The van der Waals surface area contributed by atoms with Crippen molar-refractivity contribution in [2.24, 2.45) is 0 Å². The van der Waals surface area contributed by atoms with Crippen LogP contribution in [-0.2, 0) is 6.42 Å². The van der Waals surface area contributed by atoms with Gasteiger partial charge in [0.2, 0.25) is 0 Å². The fourth-order valence-electron chi connectivity index (χ4n) is 1.13. The minimum Gasteiger partial charge on any atom is -0.207 e. The Labute approximate surface area is 77.4 Å². The fraction of sp³-hybridized carbons (Fsp3) is 0.400. The van der Waals surface area contributed by atoms with Crippen molar-refractivity contribution in [3.63, 3.8) is 0 Å². The van der Waals surface area contributed by atoms with E-state index in [1.807, 2.05) is 12.1 Å². The highest BCUT2D eigenvalue weighted by Gasteiger charge is 1.97. The summed E-state index contributed by atoms with van der Waals surface area (Å²) >= 11 is 5.55. The molecule has 0 N–H and O–H groups in total. The van der Waals surface area contributed by atoms with Crippen LogP contribution in [0.15, 0.2) is 18.2 Å². The first-order valence-corrected chi connectivity index (χ1v) is 4.58. The predicted octanol–water partition coefficient (Wildman–Crippen LogP) is 3.31. The quantitative estimate of drug-likeness (QED) is 0.636. The first-order valence-electron chi connectivity index (χ1n) is 4.05. The predicted molar refractivity (Wildman–Crippen MR) is 50.2 cm³/mol. The summed E-state index contributed by atoms with van der Waals surface area (Å²) < 4.78 is 12.8. The van der Waals surface area contributed by atoms with Crippen LogP contribution < -0.4 is 0 Å². The van der Waals surface area contributed by atoms with Crippen LogP contribution in [0.4, 0.5) is 4.39 Å². The van der Waals surface area contributed by atoms with Gasteiger partial charge in [-0.2, -0.15) is 0 Å². The Balaban J connectivity index is 2.69. The molecule has 0 bridgehead atoms. The summed E-state index contributed by atoms with van der Waals surface area (Å²) in [5.41, 5.74) is 1.87. The molecule has 0 aliphatic heterocycles. The van der Waals surface area contributed by atoms with Crippen LogP contribution in [0.1, 0.15) is 17.5 Å². The number of rotatable bonds is 3. The molecule has 0 unspecified atom stereocenters. The lowest BCUT2D eigenvalue weighted by molar-refractivity contribution is 0.617. The minimum absolute atomic E-state index is 0.135. The third-order valence-corrected chi connectivity index (χ3v) is 2.09. The lowest BCUT2D eigenvalue weighted by Crippen LogP contribution is -1.89. The molecule has 1 aromatic rings. The number of aryl methyl sites for hydroxylation is 2. The second-order valence-electron chi connectivity index (χ2n) is 2.88. The number of hydrogen-bond donors (Lipinski definition) is 0. The van der Waals surface area contributed by atoms with Crippen LogP contribution in [0.5, 0.6) is 0 Å². The number of halogens is 2. The topological polar surface area (TPSA) is 0 Å². The molecule has 0 saturated carbocycles. The number of alkyl halides is 1. The molecule has 0 aliphatic carbocycles. The van der Waals surface area contributed by atoms with Crippen LogP contribution in [0.3, 0.4) is 0 Å². The molecule has 0 radical (unpaired) electrons. The summed E-state index contributed by atoms with van der Waals surface area (Å²) in [7, 11) is 0. The van der Waals surface area contributed by atoms with Gasteiger partial charge in [0, 0.05) is 5.88 Å². The van der Waals surface area contributed by atoms with E-state index in [1.165, 1.54) is 6.07 Å². The van der Waals surface area contributed by atoms with Crippen LogP contribution in [0.2, 0.25) is 0 Å². The largest absolute Gasteiger partial charge is 0.207 e. The maximum absolute atomic E-state index is 12.8. The third-order valence-electron chi connectivity index (χ3n) is 1.82. The SMILES string of the molecule is Cc1cc(CCCCl)ccc1F. The van der Waals surface area contributed by atoms with Gasteiger partial charge in [-0.3, -0.25) is 0 Å². The highest BCUT2D eigenvalue weighted by Crippen LogP contribution is 2.10. The highest BCUT2D eigenvalue weighted by molar-refractivity contribution is 6.17. The lowest BCUT2D eigenvalue weighted by Gasteiger charge is -2.01. The van der Waals surface area contributed by atoms with Crippen molar-refractivity contribution >= 4 is 11.6 Å². The number of benzene rings is 1. The van der Waals surface area contributed by atoms with Crippen LogP contribution >= 0.6 is 11.6 Å². The molecule has 1 aromatic carbocycles. The van der Waals surface area contributed by atoms with Gasteiger partial charge in [-0.05, 0) is 37.0 Å². The normalized spacial score (nSPS) is 10.2. The van der Waals surface area contributed by atoms with E-state index < -0.39 is 0 Å². The maximum atomic E-state index is 12.8. The van der Waals surface area contributed by atoms with E-state index in [0.29, 0.717) is 11.4 Å². The Morgan fingerprint density at radius 1 is 1.42 bits per heavy atom. The van der Waals surface area contributed by atoms with E-state index in [0.717, 1.165) is 18.4 Å². The monoisotopic (exact) mass is 186 g/mol. The molecular formula is C10H12ClF. The van der Waals surface area contributed by atoms with Crippen molar-refractivity contribution < 1.29 is 4.39 Å². The maximum Gasteiger partial charge on any atom is 0.126 e.